The van der Waals surface area contributed by atoms with Crippen molar-refractivity contribution in [3.8, 4) is 0 Å². The predicted octanol–water partition coefficient (Wildman–Crippen LogP) is 1.26. The Balaban J connectivity index is 2.32. The van der Waals surface area contributed by atoms with Gasteiger partial charge in [-0.2, -0.15) is 0 Å². The summed E-state index contributed by atoms with van der Waals surface area (Å²) in [6, 6.07) is 0. The Hall–Kier alpha value is 0.725. The Morgan fingerprint density at radius 3 is 1.00 bits per heavy atom. The second-order valence-electron chi connectivity index (χ2n) is 0.303. The molecule has 0 rings (SSSR count). The summed E-state index contributed by atoms with van der Waals surface area (Å²) in [6.45, 7) is 0. The molecule has 0 aliphatic heterocycles. The Labute approximate surface area is 32.7 Å². The van der Waals surface area contributed by atoms with Gasteiger partial charge in [0.05, 0.1) is 0 Å². The molecule has 0 aromatic carbocycles. The van der Waals surface area contributed by atoms with Gasteiger partial charge in [-0.1, -0.05) is 0 Å². The van der Waals surface area contributed by atoms with Crippen molar-refractivity contribution in [1.82, 2.24) is 0 Å². The van der Waals surface area contributed by atoms with Crippen molar-refractivity contribution in [2.75, 3.05) is 0 Å². The first kappa shape index (κ1) is 4.73. The summed E-state index contributed by atoms with van der Waals surface area (Å²) in [7, 11) is 0. The van der Waals surface area contributed by atoms with Gasteiger partial charge in [0.1, 0.15) is 0 Å². The van der Waals surface area contributed by atoms with Crippen molar-refractivity contribution < 1.29 is 32.3 Å². The van der Waals surface area contributed by atoms with E-state index in [1.165, 1.54) is 0 Å². The molecule has 0 aromatic heterocycles. The van der Waals surface area contributed by atoms with Crippen LogP contribution in [-0.4, -0.2) is 0 Å². The first-order chi connectivity index (χ1) is 1.73. The van der Waals surface area contributed by atoms with Crippen LogP contribution in [0.4, 0.5) is 7.41 Å². The molecular weight excluding hydrogens is 258 g/mol. The minimum atomic E-state index is -5.29. The molecule has 0 saturated heterocycles. The molecule has 0 aliphatic rings. The van der Waals surface area contributed by atoms with Crippen molar-refractivity contribution in [3.05, 3.63) is 0 Å². The average Bonchev–Trinajstić information content (AvgIpc) is 0.811. The second-order valence-corrected chi connectivity index (χ2v) is 2.66. The van der Waals surface area contributed by atoms with Crippen LogP contribution in [0, 0.1) is 0 Å². The van der Waals surface area contributed by atoms with E-state index in [0.29, 0.717) is 0 Å². The fourth-order valence-electron chi connectivity index (χ4n) is 0. The second kappa shape index (κ2) is 1.99. The maximum atomic E-state index is 9.90. The van der Waals surface area contributed by atoms with E-state index in [2.05, 4.69) is 0 Å². The first-order valence-corrected chi connectivity index (χ1v) is 7.04. The molecule has 0 atom stereocenters. The normalized spacial score (nSPS) is 6.75. The first-order valence-electron chi connectivity index (χ1n) is 0.802. The molecule has 0 N–H and O–H groups in total. The molecule has 0 amide bonds. The summed E-state index contributed by atoms with van der Waals surface area (Å²) in [5.41, 5.74) is 0. The van der Waals surface area contributed by atoms with Crippen molar-refractivity contribution >= 4 is 0 Å². The van der Waals surface area contributed by atoms with E-state index in [-0.39, 0.29) is 0 Å². The van der Waals surface area contributed by atoms with Crippen LogP contribution in [0.5, 0.6) is 0 Å². The summed E-state index contributed by atoms with van der Waals surface area (Å²) in [5.74, 6) is 0. The fraction of sp³-hybridized carbons (Fsp3) is 0. The summed E-state index contributed by atoms with van der Waals surface area (Å²) < 4.78 is 29.7. The number of hydrogen-bond acceptors (Lipinski definition) is 0. The molecule has 0 radical (unpaired) electrons. The van der Waals surface area contributed by atoms with E-state index in [1.807, 2.05) is 0 Å². The van der Waals surface area contributed by atoms with Gasteiger partial charge in [0, 0.05) is 0 Å². The maximum absolute atomic E-state index is 9.90. The van der Waals surface area contributed by atoms with Crippen LogP contribution in [0.1, 0.15) is 0 Å². The molecular formula is F3Hg. The van der Waals surface area contributed by atoms with Crippen LogP contribution in [0.2, 0.25) is 0 Å². The van der Waals surface area contributed by atoms with Gasteiger partial charge < -0.3 is 0 Å². The monoisotopic (exact) mass is 259 g/mol. The van der Waals surface area contributed by atoms with E-state index >= 15 is 0 Å². The molecule has 0 saturated carbocycles. The molecule has 0 bridgehead atoms. The van der Waals surface area contributed by atoms with Gasteiger partial charge in [0.2, 0.25) is 0 Å². The van der Waals surface area contributed by atoms with Gasteiger partial charge >= 0.3 is 32.3 Å². The van der Waals surface area contributed by atoms with E-state index in [1.54, 1.807) is 0 Å². The zero-order valence-corrected chi connectivity index (χ0v) is 7.34. The van der Waals surface area contributed by atoms with Crippen LogP contribution in [0.25, 0.3) is 0 Å². The Bertz CT molecular complexity index is 8.00. The Kier molecular flexibility index (Phi) is 2.35. The predicted molar refractivity (Wildman–Crippen MR) is 3.32 cm³/mol. The van der Waals surface area contributed by atoms with Gasteiger partial charge in [-0.25, -0.2) is 0 Å². The quantitative estimate of drug-likeness (QED) is 0.573. The zero-order chi connectivity index (χ0) is 3.58. The van der Waals surface area contributed by atoms with Gasteiger partial charge in [-0.3, -0.25) is 0 Å². The fourth-order valence-corrected chi connectivity index (χ4v) is 0. The zero-order valence-electron chi connectivity index (χ0n) is 1.84. The Morgan fingerprint density at radius 2 is 1.00 bits per heavy atom. The number of halogens is 3. The molecule has 0 nitrogen and oxygen atoms in total. The van der Waals surface area contributed by atoms with E-state index in [0.717, 1.165) is 0 Å². The topological polar surface area (TPSA) is 0 Å². The third kappa shape index (κ3) is 15.4. The summed E-state index contributed by atoms with van der Waals surface area (Å²) >= 11 is -5.29. The van der Waals surface area contributed by atoms with Crippen LogP contribution >= 0.6 is 0 Å². The summed E-state index contributed by atoms with van der Waals surface area (Å²) in [5, 5.41) is 0. The third-order valence-corrected chi connectivity index (χ3v) is 0. The number of rotatable bonds is 0. The van der Waals surface area contributed by atoms with Crippen LogP contribution in [-0.2, 0) is 24.9 Å². The van der Waals surface area contributed by atoms with E-state index in [9.17, 15) is 7.41 Å². The Morgan fingerprint density at radius 1 is 1.00 bits per heavy atom. The third-order valence-electron chi connectivity index (χ3n) is 0. The van der Waals surface area contributed by atoms with Crippen LogP contribution < -0.4 is 0 Å². The molecule has 0 aliphatic carbocycles. The SMILES string of the molecule is [F][Hg]([F])[F]. The van der Waals surface area contributed by atoms with Crippen molar-refractivity contribution in [1.29, 1.82) is 0 Å². The molecule has 0 spiro atoms. The average molecular weight is 258 g/mol. The van der Waals surface area contributed by atoms with Crippen LogP contribution in [0.15, 0.2) is 0 Å². The van der Waals surface area contributed by atoms with Gasteiger partial charge in [0.25, 0.3) is 0 Å². The molecule has 4 heavy (non-hydrogen) atoms. The van der Waals surface area contributed by atoms with E-state index < -0.39 is 24.9 Å². The van der Waals surface area contributed by atoms with Gasteiger partial charge in [-0.15, -0.1) is 0 Å². The molecule has 0 fully saturated rings. The number of hydrogen-bond donors (Lipinski definition) is 0. The minimum absolute atomic E-state index is 5.29. The van der Waals surface area contributed by atoms with Crippen molar-refractivity contribution in [2.45, 2.75) is 0 Å². The van der Waals surface area contributed by atoms with Gasteiger partial charge in [-0.05, 0) is 0 Å². The van der Waals surface area contributed by atoms with Crippen LogP contribution in [0.3, 0.4) is 0 Å². The molecule has 0 aromatic rings. The van der Waals surface area contributed by atoms with E-state index in [4.69, 9.17) is 0 Å². The summed E-state index contributed by atoms with van der Waals surface area (Å²) in [6.07, 6.45) is 0. The standard InChI is InChI=1S/3FH.Hg/h3*1H;/q;;;+3/p-3. The molecule has 0 unspecified atom stereocenters. The molecule has 0 heterocycles. The van der Waals surface area contributed by atoms with Crippen molar-refractivity contribution in [2.24, 2.45) is 0 Å². The van der Waals surface area contributed by atoms with Crippen molar-refractivity contribution in [3.63, 3.8) is 0 Å². The molecule has 23 valence electrons. The summed E-state index contributed by atoms with van der Waals surface area (Å²) in [4.78, 5) is 0. The van der Waals surface area contributed by atoms with Gasteiger partial charge in [0.15, 0.2) is 0 Å². The molecule has 4 heteroatoms.